The zero-order valence-corrected chi connectivity index (χ0v) is 11.4. The molecule has 2 rings (SSSR count). The molecule has 98 valence electrons. The average Bonchev–Trinajstić information content (AvgIpc) is 2.46. The lowest BCUT2D eigenvalue weighted by atomic mass is 10.0. The average molecular weight is 265 g/mol. The third-order valence-electron chi connectivity index (χ3n) is 3.13. The van der Waals surface area contributed by atoms with Gasteiger partial charge < -0.3 is 4.74 Å². The first-order valence-electron chi connectivity index (χ1n) is 6.28. The van der Waals surface area contributed by atoms with Crippen LogP contribution in [0.3, 0.4) is 0 Å². The van der Waals surface area contributed by atoms with Crippen LogP contribution in [-0.2, 0) is 9.53 Å². The van der Waals surface area contributed by atoms with Gasteiger partial charge in [-0.3, -0.25) is 5.32 Å². The van der Waals surface area contributed by atoms with Gasteiger partial charge in [-0.05, 0) is 24.2 Å². The lowest BCUT2D eigenvalue weighted by Gasteiger charge is -2.27. The van der Waals surface area contributed by atoms with Gasteiger partial charge in [-0.25, -0.2) is 4.79 Å². The topological polar surface area (TPSA) is 38.3 Å². The molecule has 0 radical (unpaired) electrons. The molecule has 0 aromatic heterocycles. The zero-order valence-electron chi connectivity index (χ0n) is 10.6. The Morgan fingerprint density at radius 1 is 1.44 bits per heavy atom. The molecule has 3 nitrogen and oxygen atoms in total. The molecule has 0 saturated carbocycles. The molecule has 1 aliphatic rings. The molecule has 1 fully saturated rings. The number of nitrogens with one attached hydrogen (secondary N) is 1. The van der Waals surface area contributed by atoms with Crippen LogP contribution in [0, 0.1) is 0 Å². The molecule has 0 bridgehead atoms. The highest BCUT2D eigenvalue weighted by molar-refractivity contribution is 7.99. The summed E-state index contributed by atoms with van der Waals surface area (Å²) in [5.41, 5.74) is 0.972. The second-order valence-corrected chi connectivity index (χ2v) is 5.60. The number of carbonyl (C=O) groups is 1. The number of benzene rings is 1. The molecule has 4 heteroatoms. The predicted octanol–water partition coefficient (Wildman–Crippen LogP) is 2.39. The van der Waals surface area contributed by atoms with Crippen LogP contribution in [0.25, 0.3) is 0 Å². The summed E-state index contributed by atoms with van der Waals surface area (Å²) in [6.07, 6.45) is 2.35. The maximum atomic E-state index is 11.9. The minimum atomic E-state index is -0.347. The van der Waals surface area contributed by atoms with Crippen LogP contribution < -0.4 is 5.32 Å². The first-order valence-corrected chi connectivity index (χ1v) is 7.43. The van der Waals surface area contributed by atoms with Crippen molar-refractivity contribution in [3.63, 3.8) is 0 Å². The number of thioether (sulfide) groups is 1. The van der Waals surface area contributed by atoms with E-state index in [2.05, 4.69) is 5.32 Å². The molecule has 0 amide bonds. The largest absolute Gasteiger partial charge is 0.468 e. The molecule has 18 heavy (non-hydrogen) atoms. The van der Waals surface area contributed by atoms with Crippen LogP contribution in [0.1, 0.15) is 24.4 Å². The van der Waals surface area contributed by atoms with E-state index in [1.165, 1.54) is 19.3 Å². The van der Waals surface area contributed by atoms with Gasteiger partial charge in [0.25, 0.3) is 0 Å². The van der Waals surface area contributed by atoms with Crippen molar-refractivity contribution in [1.82, 2.24) is 5.32 Å². The normalized spacial score (nSPS) is 21.3. The van der Waals surface area contributed by atoms with E-state index in [0.29, 0.717) is 6.04 Å². The fourth-order valence-corrected chi connectivity index (χ4v) is 3.26. The third-order valence-corrected chi connectivity index (χ3v) is 4.35. The number of hydrogen-bond donors (Lipinski definition) is 1. The number of rotatable bonds is 4. The van der Waals surface area contributed by atoms with Crippen molar-refractivity contribution in [3.05, 3.63) is 35.9 Å². The van der Waals surface area contributed by atoms with E-state index < -0.39 is 0 Å². The highest BCUT2D eigenvalue weighted by Crippen LogP contribution is 2.21. The minimum absolute atomic E-state index is 0.211. The van der Waals surface area contributed by atoms with Crippen molar-refractivity contribution < 1.29 is 9.53 Å². The van der Waals surface area contributed by atoms with Gasteiger partial charge in [0.15, 0.2) is 0 Å². The summed E-state index contributed by atoms with van der Waals surface area (Å²) in [4.78, 5) is 11.9. The van der Waals surface area contributed by atoms with Crippen molar-refractivity contribution in [2.24, 2.45) is 0 Å². The number of esters is 1. The number of methoxy groups -OCH3 is 1. The zero-order chi connectivity index (χ0) is 12.8. The van der Waals surface area contributed by atoms with E-state index in [4.69, 9.17) is 4.74 Å². The smallest absolute Gasteiger partial charge is 0.327 e. The Balaban J connectivity index is 2.07. The van der Waals surface area contributed by atoms with Crippen LogP contribution in [0.15, 0.2) is 30.3 Å². The second kappa shape index (κ2) is 6.81. The second-order valence-electron chi connectivity index (χ2n) is 4.45. The van der Waals surface area contributed by atoms with Crippen LogP contribution in [0.4, 0.5) is 0 Å². The molecule has 1 aromatic carbocycles. The summed E-state index contributed by atoms with van der Waals surface area (Å²) >= 11 is 1.94. The highest BCUT2D eigenvalue weighted by Gasteiger charge is 2.25. The van der Waals surface area contributed by atoms with Crippen molar-refractivity contribution in [1.29, 1.82) is 0 Å². The predicted molar refractivity (Wildman–Crippen MR) is 74.7 cm³/mol. The van der Waals surface area contributed by atoms with Gasteiger partial charge in [0.1, 0.15) is 6.04 Å². The van der Waals surface area contributed by atoms with Crippen molar-refractivity contribution in [2.45, 2.75) is 24.9 Å². The van der Waals surface area contributed by atoms with Gasteiger partial charge in [-0.15, -0.1) is 0 Å². The number of ether oxygens (including phenoxy) is 1. The minimum Gasteiger partial charge on any atom is -0.468 e. The van der Waals surface area contributed by atoms with Crippen LogP contribution in [0.2, 0.25) is 0 Å². The molecule has 0 aliphatic carbocycles. The van der Waals surface area contributed by atoms with E-state index in [9.17, 15) is 4.79 Å². The third kappa shape index (κ3) is 3.50. The Morgan fingerprint density at radius 3 is 2.83 bits per heavy atom. The Hall–Kier alpha value is -1.00. The summed E-state index contributed by atoms with van der Waals surface area (Å²) in [5, 5.41) is 3.43. The fourth-order valence-electron chi connectivity index (χ4n) is 2.17. The van der Waals surface area contributed by atoms with E-state index in [1.54, 1.807) is 0 Å². The summed E-state index contributed by atoms with van der Waals surface area (Å²) in [6, 6.07) is 9.82. The van der Waals surface area contributed by atoms with Crippen molar-refractivity contribution in [3.8, 4) is 0 Å². The van der Waals surface area contributed by atoms with Gasteiger partial charge in [-0.2, -0.15) is 11.8 Å². The molecule has 1 saturated heterocycles. The molecule has 1 N–H and O–H groups in total. The van der Waals surface area contributed by atoms with Crippen LogP contribution in [-0.4, -0.2) is 30.6 Å². The molecule has 0 spiro atoms. The molecule has 1 heterocycles. The molecular weight excluding hydrogens is 246 g/mol. The van der Waals surface area contributed by atoms with E-state index >= 15 is 0 Å². The molecule has 2 atom stereocenters. The van der Waals surface area contributed by atoms with Gasteiger partial charge in [-0.1, -0.05) is 30.3 Å². The molecular formula is C14H19NO2S. The first kappa shape index (κ1) is 13.4. The van der Waals surface area contributed by atoms with E-state index in [-0.39, 0.29) is 12.0 Å². The van der Waals surface area contributed by atoms with E-state index in [1.807, 2.05) is 42.1 Å². The highest BCUT2D eigenvalue weighted by atomic mass is 32.2. The van der Waals surface area contributed by atoms with E-state index in [0.717, 1.165) is 17.7 Å². The monoisotopic (exact) mass is 265 g/mol. The van der Waals surface area contributed by atoms with Crippen molar-refractivity contribution in [2.75, 3.05) is 18.6 Å². The summed E-state index contributed by atoms with van der Waals surface area (Å²) in [6.45, 7) is 0. The van der Waals surface area contributed by atoms with Crippen LogP contribution in [0.5, 0.6) is 0 Å². The molecule has 1 aromatic rings. The maximum Gasteiger partial charge on any atom is 0.327 e. The summed E-state index contributed by atoms with van der Waals surface area (Å²) < 4.78 is 4.90. The van der Waals surface area contributed by atoms with Gasteiger partial charge in [0.2, 0.25) is 0 Å². The Bertz CT molecular complexity index is 377. The molecule has 1 aliphatic heterocycles. The van der Waals surface area contributed by atoms with Gasteiger partial charge in [0, 0.05) is 11.8 Å². The Labute approximate surface area is 112 Å². The quantitative estimate of drug-likeness (QED) is 0.848. The SMILES string of the molecule is COC(=O)[C@@H](N[C@@H]1CCCSC1)c1ccccc1. The van der Waals surface area contributed by atoms with Gasteiger partial charge >= 0.3 is 5.97 Å². The summed E-state index contributed by atoms with van der Waals surface area (Å²) in [7, 11) is 1.44. The lowest BCUT2D eigenvalue weighted by Crippen LogP contribution is -2.40. The van der Waals surface area contributed by atoms with Crippen LogP contribution >= 0.6 is 11.8 Å². The fraction of sp³-hybridized carbons (Fsp3) is 0.500. The maximum absolute atomic E-state index is 11.9. The number of hydrogen-bond acceptors (Lipinski definition) is 4. The molecule has 0 unspecified atom stereocenters. The Morgan fingerprint density at radius 2 is 2.22 bits per heavy atom. The standard InChI is InChI=1S/C14H19NO2S/c1-17-14(16)13(11-6-3-2-4-7-11)15-12-8-5-9-18-10-12/h2-4,6-7,12-13,15H,5,8-10H2,1H3/t12-,13+/m1/s1. The number of carbonyl (C=O) groups excluding carboxylic acids is 1. The lowest BCUT2D eigenvalue weighted by molar-refractivity contribution is -0.143. The summed E-state index contributed by atoms with van der Waals surface area (Å²) in [5.74, 6) is 2.09. The van der Waals surface area contributed by atoms with Crippen molar-refractivity contribution >= 4 is 17.7 Å². The Kier molecular flexibility index (Phi) is 5.08. The van der Waals surface area contributed by atoms with Gasteiger partial charge in [0.05, 0.1) is 7.11 Å². The first-order chi connectivity index (χ1) is 8.81.